The second-order valence-electron chi connectivity index (χ2n) is 4.40. The van der Waals surface area contributed by atoms with Crippen LogP contribution in [0, 0.1) is 24.3 Å². The number of hydrogen-bond acceptors (Lipinski definition) is 3. The molecule has 2 rings (SSSR count). The van der Waals surface area contributed by atoms with E-state index in [9.17, 15) is 4.79 Å². The minimum Gasteiger partial charge on any atom is -0.322 e. The summed E-state index contributed by atoms with van der Waals surface area (Å²) in [6.45, 7) is 5.63. The Labute approximate surface area is 125 Å². The number of nitrogens with one attached hydrogen (secondary N) is 1. The normalized spacial score (nSPS) is 10.3. The van der Waals surface area contributed by atoms with E-state index in [1.54, 1.807) is 13.0 Å². The maximum Gasteiger partial charge on any atom is 0.257 e. The molecule has 0 spiro atoms. The molecule has 0 radical (unpaired) electrons. The summed E-state index contributed by atoms with van der Waals surface area (Å²) in [6, 6.07) is 7.58. The molecule has 1 aromatic heterocycles. The van der Waals surface area contributed by atoms with Crippen LogP contribution in [0.3, 0.4) is 0 Å². The molecule has 0 unspecified atom stereocenters. The van der Waals surface area contributed by atoms with Gasteiger partial charge in [-0.25, -0.2) is 0 Å². The summed E-state index contributed by atoms with van der Waals surface area (Å²) in [6.07, 6.45) is 0. The fourth-order valence-electron chi connectivity index (χ4n) is 1.65. The molecular formula is C14H14IN3O. The zero-order valence-electron chi connectivity index (χ0n) is 11.0. The lowest BCUT2D eigenvalue weighted by molar-refractivity contribution is 0.102. The summed E-state index contributed by atoms with van der Waals surface area (Å²) in [5.41, 5.74) is 3.90. The van der Waals surface area contributed by atoms with Gasteiger partial charge in [0.2, 0.25) is 0 Å². The lowest BCUT2D eigenvalue weighted by Gasteiger charge is -2.08. The first kappa shape index (κ1) is 13.9. The van der Waals surface area contributed by atoms with Crippen LogP contribution in [0.2, 0.25) is 0 Å². The molecule has 0 aliphatic rings. The molecule has 1 heterocycles. The zero-order valence-corrected chi connectivity index (χ0v) is 13.1. The van der Waals surface area contributed by atoms with E-state index >= 15 is 0 Å². The predicted molar refractivity (Wildman–Crippen MR) is 83.4 cm³/mol. The Bertz CT molecular complexity index is 641. The maximum absolute atomic E-state index is 12.2. The van der Waals surface area contributed by atoms with Gasteiger partial charge in [0.25, 0.3) is 5.91 Å². The number of benzene rings is 1. The molecule has 19 heavy (non-hydrogen) atoms. The summed E-state index contributed by atoms with van der Waals surface area (Å²) >= 11 is 2.25. The summed E-state index contributed by atoms with van der Waals surface area (Å²) < 4.78 is 1.12. The van der Waals surface area contributed by atoms with Crippen LogP contribution < -0.4 is 5.32 Å². The van der Waals surface area contributed by atoms with Gasteiger partial charge in [0.1, 0.15) is 0 Å². The fourth-order valence-corrected chi connectivity index (χ4v) is 2.16. The third-order valence-corrected chi connectivity index (χ3v) is 3.94. The van der Waals surface area contributed by atoms with Gasteiger partial charge in [-0.2, -0.15) is 10.2 Å². The van der Waals surface area contributed by atoms with Gasteiger partial charge in [0.05, 0.1) is 17.0 Å². The number of aromatic nitrogens is 2. The number of hydrogen-bond donors (Lipinski definition) is 1. The van der Waals surface area contributed by atoms with Crippen molar-refractivity contribution in [3.05, 3.63) is 50.4 Å². The van der Waals surface area contributed by atoms with Crippen LogP contribution in [0.5, 0.6) is 0 Å². The first-order valence-corrected chi connectivity index (χ1v) is 6.93. The Hall–Kier alpha value is -1.50. The van der Waals surface area contributed by atoms with Crippen LogP contribution in [0.4, 0.5) is 5.69 Å². The van der Waals surface area contributed by atoms with Crippen molar-refractivity contribution in [1.29, 1.82) is 0 Å². The number of carbonyl (C=O) groups excluding carboxylic acids is 1. The van der Waals surface area contributed by atoms with Gasteiger partial charge in [0, 0.05) is 9.26 Å². The monoisotopic (exact) mass is 367 g/mol. The number of halogens is 1. The van der Waals surface area contributed by atoms with Gasteiger partial charge in [-0.05, 0) is 67.1 Å². The van der Waals surface area contributed by atoms with Crippen molar-refractivity contribution < 1.29 is 4.79 Å². The van der Waals surface area contributed by atoms with Crippen molar-refractivity contribution in [2.75, 3.05) is 5.32 Å². The van der Waals surface area contributed by atoms with Crippen LogP contribution in [0.25, 0.3) is 0 Å². The summed E-state index contributed by atoms with van der Waals surface area (Å²) in [7, 11) is 0. The van der Waals surface area contributed by atoms with E-state index in [0.29, 0.717) is 11.3 Å². The van der Waals surface area contributed by atoms with E-state index in [0.717, 1.165) is 15.0 Å². The molecule has 2 aromatic rings. The highest BCUT2D eigenvalue weighted by atomic mass is 127. The van der Waals surface area contributed by atoms with E-state index in [1.807, 2.05) is 32.0 Å². The SMILES string of the molecule is Cc1cc(C(=O)Nc2ccc(C)c(I)c2)c(C)nn1. The molecule has 98 valence electrons. The number of rotatable bonds is 2. The van der Waals surface area contributed by atoms with Crippen LogP contribution in [0.1, 0.15) is 27.3 Å². The first-order valence-electron chi connectivity index (χ1n) is 5.86. The van der Waals surface area contributed by atoms with Gasteiger partial charge in [-0.15, -0.1) is 0 Å². The highest BCUT2D eigenvalue weighted by Crippen LogP contribution is 2.18. The number of anilines is 1. The molecule has 0 bridgehead atoms. The summed E-state index contributed by atoms with van der Waals surface area (Å²) in [4.78, 5) is 12.2. The standard InChI is InChI=1S/C14H14IN3O/c1-8-4-5-11(7-13(8)15)16-14(19)12-6-9(2)17-18-10(12)3/h4-7H,1-3H3,(H,16,19). The van der Waals surface area contributed by atoms with Crippen molar-refractivity contribution >= 4 is 34.2 Å². The Kier molecular flexibility index (Phi) is 4.14. The average Bonchev–Trinajstić information content (AvgIpc) is 2.36. The first-order chi connectivity index (χ1) is 8.97. The molecule has 1 amide bonds. The molecule has 0 saturated heterocycles. The summed E-state index contributed by atoms with van der Waals surface area (Å²) in [5.74, 6) is -0.157. The quantitative estimate of drug-likeness (QED) is 0.830. The smallest absolute Gasteiger partial charge is 0.257 e. The third-order valence-electron chi connectivity index (χ3n) is 2.78. The van der Waals surface area contributed by atoms with Crippen molar-refractivity contribution in [2.45, 2.75) is 20.8 Å². The van der Waals surface area contributed by atoms with Crippen LogP contribution >= 0.6 is 22.6 Å². The number of nitrogens with zero attached hydrogens (tertiary/aromatic N) is 2. The van der Waals surface area contributed by atoms with Crippen molar-refractivity contribution in [3.63, 3.8) is 0 Å². The van der Waals surface area contributed by atoms with Gasteiger partial charge < -0.3 is 5.32 Å². The minimum atomic E-state index is -0.157. The minimum absolute atomic E-state index is 0.157. The molecule has 0 atom stereocenters. The van der Waals surface area contributed by atoms with Crippen molar-refractivity contribution in [1.82, 2.24) is 10.2 Å². The van der Waals surface area contributed by atoms with Crippen LogP contribution in [-0.4, -0.2) is 16.1 Å². The lowest BCUT2D eigenvalue weighted by Crippen LogP contribution is -2.15. The molecule has 4 nitrogen and oxygen atoms in total. The van der Waals surface area contributed by atoms with Gasteiger partial charge >= 0.3 is 0 Å². The number of carbonyl (C=O) groups is 1. The number of aryl methyl sites for hydroxylation is 3. The lowest BCUT2D eigenvalue weighted by atomic mass is 10.1. The molecule has 5 heteroatoms. The van der Waals surface area contributed by atoms with E-state index < -0.39 is 0 Å². The second-order valence-corrected chi connectivity index (χ2v) is 5.57. The van der Waals surface area contributed by atoms with E-state index in [-0.39, 0.29) is 5.91 Å². The molecular weight excluding hydrogens is 353 g/mol. The van der Waals surface area contributed by atoms with Crippen molar-refractivity contribution in [2.24, 2.45) is 0 Å². The zero-order chi connectivity index (χ0) is 14.0. The Balaban J connectivity index is 2.25. The third kappa shape index (κ3) is 3.28. The molecule has 1 N–H and O–H groups in total. The fraction of sp³-hybridized carbons (Fsp3) is 0.214. The average molecular weight is 367 g/mol. The molecule has 0 fully saturated rings. The van der Waals surface area contributed by atoms with E-state index in [1.165, 1.54) is 5.56 Å². The number of amides is 1. The van der Waals surface area contributed by atoms with Crippen LogP contribution in [-0.2, 0) is 0 Å². The molecule has 0 saturated carbocycles. The van der Waals surface area contributed by atoms with Gasteiger partial charge in [-0.1, -0.05) is 6.07 Å². The van der Waals surface area contributed by atoms with E-state index in [2.05, 4.69) is 38.1 Å². The molecule has 0 aliphatic heterocycles. The molecule has 0 aliphatic carbocycles. The highest BCUT2D eigenvalue weighted by molar-refractivity contribution is 14.1. The topological polar surface area (TPSA) is 54.9 Å². The summed E-state index contributed by atoms with van der Waals surface area (Å²) in [5, 5.41) is 10.8. The van der Waals surface area contributed by atoms with Gasteiger partial charge in [-0.3, -0.25) is 4.79 Å². The Morgan fingerprint density at radius 1 is 1.16 bits per heavy atom. The highest BCUT2D eigenvalue weighted by Gasteiger charge is 2.11. The van der Waals surface area contributed by atoms with Crippen LogP contribution in [0.15, 0.2) is 24.3 Å². The van der Waals surface area contributed by atoms with E-state index in [4.69, 9.17) is 0 Å². The molecule has 1 aromatic carbocycles. The maximum atomic E-state index is 12.2. The Morgan fingerprint density at radius 2 is 1.89 bits per heavy atom. The van der Waals surface area contributed by atoms with Crippen molar-refractivity contribution in [3.8, 4) is 0 Å². The Morgan fingerprint density at radius 3 is 2.58 bits per heavy atom. The predicted octanol–water partition coefficient (Wildman–Crippen LogP) is 3.26. The second kappa shape index (κ2) is 5.64. The van der Waals surface area contributed by atoms with Gasteiger partial charge in [0.15, 0.2) is 0 Å². The largest absolute Gasteiger partial charge is 0.322 e.